The number of benzene rings is 2. The number of carbonyl (C=O) groups is 2. The van der Waals surface area contributed by atoms with Crippen LogP contribution in [0.1, 0.15) is 21.5 Å². The van der Waals surface area contributed by atoms with E-state index in [1.807, 2.05) is 16.7 Å². The first-order valence-electron chi connectivity index (χ1n) is 8.36. The van der Waals surface area contributed by atoms with Gasteiger partial charge in [0.1, 0.15) is 5.56 Å². The fourth-order valence-corrected chi connectivity index (χ4v) is 3.42. The molecule has 0 bridgehead atoms. The van der Waals surface area contributed by atoms with Crippen LogP contribution >= 0.6 is 0 Å². The van der Waals surface area contributed by atoms with Crippen LogP contribution in [0, 0.1) is 0 Å². The van der Waals surface area contributed by atoms with Crippen LogP contribution in [0.5, 0.6) is 0 Å². The molecular formula is C20H17N3O3. The Morgan fingerprint density at radius 3 is 2.62 bits per heavy atom. The number of aryl methyl sites for hydroxylation is 2. The number of aromatic nitrogens is 1. The van der Waals surface area contributed by atoms with Gasteiger partial charge in [-0.3, -0.25) is 14.4 Å². The molecule has 0 saturated heterocycles. The molecule has 0 unspecified atom stereocenters. The maximum atomic E-state index is 12.7. The number of anilines is 1. The average Bonchev–Trinajstić information content (AvgIpc) is 3.03. The second-order valence-corrected chi connectivity index (χ2v) is 6.42. The fourth-order valence-electron chi connectivity index (χ4n) is 3.42. The molecule has 130 valence electrons. The summed E-state index contributed by atoms with van der Waals surface area (Å²) < 4.78 is 1.97. The smallest absolute Gasteiger partial charge is 0.261 e. The van der Waals surface area contributed by atoms with Crippen molar-refractivity contribution >= 4 is 28.4 Å². The van der Waals surface area contributed by atoms with Crippen molar-refractivity contribution < 1.29 is 9.59 Å². The molecule has 1 aliphatic heterocycles. The van der Waals surface area contributed by atoms with Crippen LogP contribution in [0.25, 0.3) is 10.9 Å². The minimum Gasteiger partial charge on any atom is -0.369 e. The van der Waals surface area contributed by atoms with Gasteiger partial charge in [0.05, 0.1) is 11.9 Å². The van der Waals surface area contributed by atoms with E-state index in [-0.39, 0.29) is 17.4 Å². The maximum absolute atomic E-state index is 12.7. The quantitative estimate of drug-likeness (QED) is 0.754. The van der Waals surface area contributed by atoms with Crippen LogP contribution in [0.4, 0.5) is 5.69 Å². The van der Waals surface area contributed by atoms with Crippen LogP contribution < -0.4 is 16.5 Å². The highest BCUT2D eigenvalue weighted by molar-refractivity contribution is 6.06. The largest absolute Gasteiger partial charge is 0.369 e. The van der Waals surface area contributed by atoms with Crippen molar-refractivity contribution in [1.29, 1.82) is 0 Å². The van der Waals surface area contributed by atoms with E-state index >= 15 is 0 Å². The lowest BCUT2D eigenvalue weighted by atomic mass is 10.1. The molecule has 6 nitrogen and oxygen atoms in total. The van der Waals surface area contributed by atoms with Gasteiger partial charge in [-0.05, 0) is 35.7 Å². The van der Waals surface area contributed by atoms with Gasteiger partial charge >= 0.3 is 0 Å². The topological polar surface area (TPSA) is 94.2 Å². The molecular weight excluding hydrogens is 330 g/mol. The van der Waals surface area contributed by atoms with E-state index < -0.39 is 11.8 Å². The van der Waals surface area contributed by atoms with Crippen LogP contribution in [0.3, 0.4) is 0 Å². The Hall–Kier alpha value is -3.41. The maximum Gasteiger partial charge on any atom is 0.261 e. The van der Waals surface area contributed by atoms with Gasteiger partial charge in [0.2, 0.25) is 11.3 Å². The van der Waals surface area contributed by atoms with Crippen LogP contribution in [-0.2, 0) is 24.2 Å². The van der Waals surface area contributed by atoms with E-state index in [1.165, 1.54) is 0 Å². The number of nitrogens with two attached hydrogens (primary N) is 1. The Balaban J connectivity index is 1.64. The van der Waals surface area contributed by atoms with E-state index in [4.69, 9.17) is 5.73 Å². The average molecular weight is 347 g/mol. The van der Waals surface area contributed by atoms with Crippen molar-refractivity contribution in [3.8, 4) is 0 Å². The molecule has 1 aliphatic rings. The molecule has 2 heterocycles. The molecule has 0 radical (unpaired) electrons. The van der Waals surface area contributed by atoms with E-state index in [2.05, 4.69) is 5.32 Å². The third-order valence-electron chi connectivity index (χ3n) is 4.64. The summed E-state index contributed by atoms with van der Waals surface area (Å²) in [6, 6.07) is 12.4. The number of carbonyl (C=O) groups excluding carboxylic acids is 2. The van der Waals surface area contributed by atoms with Gasteiger partial charge in [-0.15, -0.1) is 0 Å². The van der Waals surface area contributed by atoms with Gasteiger partial charge in [0.15, 0.2) is 0 Å². The van der Waals surface area contributed by atoms with Gasteiger partial charge in [-0.1, -0.05) is 24.3 Å². The molecule has 26 heavy (non-hydrogen) atoms. The molecule has 0 spiro atoms. The van der Waals surface area contributed by atoms with E-state index in [1.54, 1.807) is 36.5 Å². The summed E-state index contributed by atoms with van der Waals surface area (Å²) in [7, 11) is 0. The Bertz CT molecular complexity index is 1100. The molecule has 2 aromatic carbocycles. The summed E-state index contributed by atoms with van der Waals surface area (Å²) in [4.78, 5) is 36.3. The summed E-state index contributed by atoms with van der Waals surface area (Å²) in [5.74, 6) is -0.857. The standard InChI is InChI=1S/C20H17N3O3/c21-17(24)10-12-4-6-14(7-5-12)22-20(26)16-11-23-9-8-13-2-1-3-15(18(13)23)19(16)25/h1-7,11H,8-10H2,(H2,21,24)(H,22,26). The van der Waals surface area contributed by atoms with Crippen molar-refractivity contribution in [2.24, 2.45) is 5.73 Å². The molecule has 0 saturated carbocycles. The predicted octanol–water partition coefficient (Wildman–Crippen LogP) is 1.84. The van der Waals surface area contributed by atoms with Crippen molar-refractivity contribution in [3.05, 3.63) is 75.6 Å². The molecule has 1 aromatic heterocycles. The van der Waals surface area contributed by atoms with Gasteiger partial charge in [-0.2, -0.15) is 0 Å². The van der Waals surface area contributed by atoms with Crippen molar-refractivity contribution in [1.82, 2.24) is 4.57 Å². The lowest BCUT2D eigenvalue weighted by Crippen LogP contribution is -2.23. The number of hydrogen-bond donors (Lipinski definition) is 2. The van der Waals surface area contributed by atoms with Gasteiger partial charge in [-0.25, -0.2) is 0 Å². The molecule has 2 amide bonds. The first kappa shape index (κ1) is 16.1. The number of rotatable bonds is 4. The minimum atomic E-state index is -0.444. The summed E-state index contributed by atoms with van der Waals surface area (Å²) in [6.45, 7) is 0.762. The normalized spacial score (nSPS) is 12.3. The number of primary amides is 1. The third-order valence-corrected chi connectivity index (χ3v) is 4.64. The van der Waals surface area contributed by atoms with Crippen LogP contribution in [0.15, 0.2) is 53.5 Å². The van der Waals surface area contributed by atoms with Crippen molar-refractivity contribution in [2.45, 2.75) is 19.4 Å². The van der Waals surface area contributed by atoms with E-state index in [0.29, 0.717) is 11.1 Å². The monoisotopic (exact) mass is 347 g/mol. The highest BCUT2D eigenvalue weighted by Crippen LogP contribution is 2.24. The second-order valence-electron chi connectivity index (χ2n) is 6.42. The summed E-state index contributed by atoms with van der Waals surface area (Å²) in [5, 5.41) is 3.32. The number of hydrogen-bond acceptors (Lipinski definition) is 3. The highest BCUT2D eigenvalue weighted by atomic mass is 16.2. The Kier molecular flexibility index (Phi) is 3.80. The number of pyridine rings is 1. The SMILES string of the molecule is NC(=O)Cc1ccc(NC(=O)c2cn3c4c(cccc4c2=O)CC3)cc1. The van der Waals surface area contributed by atoms with Gasteiger partial charge in [0, 0.05) is 23.8 Å². The lowest BCUT2D eigenvalue weighted by Gasteiger charge is -2.10. The zero-order valence-corrected chi connectivity index (χ0v) is 14.0. The van der Waals surface area contributed by atoms with E-state index in [9.17, 15) is 14.4 Å². The Morgan fingerprint density at radius 2 is 1.88 bits per heavy atom. The second kappa shape index (κ2) is 6.15. The number of nitrogens with one attached hydrogen (secondary N) is 1. The third kappa shape index (κ3) is 2.75. The first-order chi connectivity index (χ1) is 12.5. The van der Waals surface area contributed by atoms with Crippen molar-refractivity contribution in [2.75, 3.05) is 5.32 Å². The molecule has 3 aromatic rings. The van der Waals surface area contributed by atoms with Crippen LogP contribution in [-0.4, -0.2) is 16.4 Å². The summed E-state index contributed by atoms with van der Waals surface area (Å²) in [5.41, 5.74) is 8.41. The Labute approximate surface area is 149 Å². The van der Waals surface area contributed by atoms with E-state index in [0.717, 1.165) is 29.6 Å². The first-order valence-corrected chi connectivity index (χ1v) is 8.36. The predicted molar refractivity (Wildman–Crippen MR) is 99.2 cm³/mol. The highest BCUT2D eigenvalue weighted by Gasteiger charge is 2.20. The minimum absolute atomic E-state index is 0.123. The summed E-state index contributed by atoms with van der Waals surface area (Å²) in [6.07, 6.45) is 2.65. The molecule has 3 N–H and O–H groups in total. The molecule has 0 atom stereocenters. The van der Waals surface area contributed by atoms with Crippen LogP contribution in [0.2, 0.25) is 0 Å². The zero-order valence-electron chi connectivity index (χ0n) is 14.0. The number of nitrogens with zero attached hydrogens (tertiary/aromatic N) is 1. The number of amides is 2. The number of para-hydroxylation sites is 1. The molecule has 6 heteroatoms. The van der Waals surface area contributed by atoms with Gasteiger partial charge < -0.3 is 15.6 Å². The molecule has 0 fully saturated rings. The summed E-state index contributed by atoms with van der Waals surface area (Å²) >= 11 is 0. The lowest BCUT2D eigenvalue weighted by molar-refractivity contribution is -0.117. The molecule has 4 rings (SSSR count). The molecule has 0 aliphatic carbocycles. The van der Waals surface area contributed by atoms with Crippen molar-refractivity contribution in [3.63, 3.8) is 0 Å². The van der Waals surface area contributed by atoms with Gasteiger partial charge in [0.25, 0.3) is 5.91 Å². The Morgan fingerprint density at radius 1 is 1.12 bits per heavy atom. The zero-order chi connectivity index (χ0) is 18.3. The fraction of sp³-hybridized carbons (Fsp3) is 0.150.